The van der Waals surface area contributed by atoms with Gasteiger partial charge in [-0.2, -0.15) is 9.61 Å². The van der Waals surface area contributed by atoms with E-state index in [0.717, 1.165) is 17.0 Å². The second-order valence-corrected chi connectivity index (χ2v) is 7.25. The van der Waals surface area contributed by atoms with Gasteiger partial charge in [0.2, 0.25) is 0 Å². The molecule has 0 aromatic carbocycles. The van der Waals surface area contributed by atoms with Crippen LogP contribution in [0.15, 0.2) is 36.8 Å². The molecule has 5 rings (SSSR count). The number of fused-ring (bicyclic) bond motifs is 2. The van der Waals surface area contributed by atoms with E-state index in [4.69, 9.17) is 4.98 Å². The van der Waals surface area contributed by atoms with Crippen LogP contribution in [-0.4, -0.2) is 56.2 Å². The van der Waals surface area contributed by atoms with Gasteiger partial charge in [-0.05, 0) is 25.0 Å². The van der Waals surface area contributed by atoms with E-state index < -0.39 is 12.2 Å². The number of amides is 1. The number of imidazole rings is 1. The largest absolute Gasteiger partial charge is 0.385 e. The molecule has 0 aliphatic heterocycles. The van der Waals surface area contributed by atoms with E-state index in [2.05, 4.69) is 26.0 Å². The third kappa shape index (κ3) is 2.75. The first-order valence-corrected chi connectivity index (χ1v) is 9.76. The van der Waals surface area contributed by atoms with Gasteiger partial charge >= 0.3 is 0 Å². The predicted molar refractivity (Wildman–Crippen MR) is 112 cm³/mol. The Morgan fingerprint density at radius 3 is 2.77 bits per heavy atom. The van der Waals surface area contributed by atoms with Gasteiger partial charge in [0.05, 0.1) is 29.3 Å². The summed E-state index contributed by atoms with van der Waals surface area (Å²) in [5.74, 6) is 0.300. The van der Waals surface area contributed by atoms with E-state index in [1.165, 1.54) is 6.20 Å². The van der Waals surface area contributed by atoms with Gasteiger partial charge in [-0.1, -0.05) is 0 Å². The third-order valence-corrected chi connectivity index (χ3v) is 5.56. The number of pyridine rings is 1. The highest BCUT2D eigenvalue weighted by atomic mass is 19.1. The van der Waals surface area contributed by atoms with E-state index in [1.807, 2.05) is 35.8 Å². The van der Waals surface area contributed by atoms with Crippen LogP contribution in [0.2, 0.25) is 0 Å². The minimum absolute atomic E-state index is 0.307. The van der Waals surface area contributed by atoms with E-state index in [1.54, 1.807) is 17.8 Å². The lowest BCUT2D eigenvalue weighted by molar-refractivity contribution is 0.0826. The number of nitrogens with one attached hydrogen (secondary N) is 3. The Hall–Kier alpha value is -3.69. The fraction of sp³-hybridized carbons (Fsp3) is 0.300. The van der Waals surface area contributed by atoms with Gasteiger partial charge < -0.3 is 16.0 Å². The molecule has 4 aromatic rings. The van der Waals surface area contributed by atoms with Crippen LogP contribution in [0.1, 0.15) is 23.2 Å². The quantitative estimate of drug-likeness (QED) is 0.469. The van der Waals surface area contributed by atoms with Crippen LogP contribution in [0.25, 0.3) is 22.7 Å². The number of rotatable bonds is 5. The first kappa shape index (κ1) is 18.3. The van der Waals surface area contributed by atoms with Crippen LogP contribution in [0.4, 0.5) is 15.9 Å². The zero-order valence-electron chi connectivity index (χ0n) is 16.6. The van der Waals surface area contributed by atoms with Crippen LogP contribution < -0.4 is 16.0 Å². The van der Waals surface area contributed by atoms with Crippen molar-refractivity contribution in [2.24, 2.45) is 0 Å². The van der Waals surface area contributed by atoms with E-state index >= 15 is 0 Å². The Morgan fingerprint density at radius 2 is 2.07 bits per heavy atom. The zero-order valence-corrected chi connectivity index (χ0v) is 16.6. The van der Waals surface area contributed by atoms with Crippen molar-refractivity contribution in [3.8, 4) is 11.4 Å². The molecule has 0 bridgehead atoms. The molecule has 10 heteroatoms. The molecule has 9 nitrogen and oxygen atoms in total. The molecular formula is C20H21FN8O. The number of aromatic nitrogens is 5. The standard InChI is InChI=1S/C20H21FN8O/c1-22-14-5-6-16(28-8-7-24-19(14)28)15-9-17(23-2)29-18(26-15)11(10-25-29)20(30)27-13-4-3-12(13)21/h5-10,12-13,22-23H,3-4H2,1-2H3,(H,27,30)/t12-,13?/m1/s1. The molecule has 1 saturated carbocycles. The summed E-state index contributed by atoms with van der Waals surface area (Å²) in [6.07, 6.45) is 5.18. The molecule has 4 heterocycles. The first-order valence-electron chi connectivity index (χ1n) is 9.76. The minimum Gasteiger partial charge on any atom is -0.385 e. The van der Waals surface area contributed by atoms with Crippen LogP contribution in [0, 0.1) is 0 Å². The fourth-order valence-corrected chi connectivity index (χ4v) is 3.72. The molecule has 1 fully saturated rings. The Morgan fingerprint density at radius 1 is 1.20 bits per heavy atom. The lowest BCUT2D eigenvalue weighted by atomic mass is 9.90. The summed E-state index contributed by atoms with van der Waals surface area (Å²) in [7, 11) is 3.62. The summed E-state index contributed by atoms with van der Waals surface area (Å²) < 4.78 is 17.1. The maximum absolute atomic E-state index is 13.6. The lowest BCUT2D eigenvalue weighted by Crippen LogP contribution is -2.48. The highest BCUT2D eigenvalue weighted by Crippen LogP contribution is 2.28. The highest BCUT2D eigenvalue weighted by Gasteiger charge is 2.33. The van der Waals surface area contributed by atoms with E-state index in [-0.39, 0.29) is 5.91 Å². The molecule has 4 aromatic heterocycles. The molecule has 1 aliphatic rings. The smallest absolute Gasteiger partial charge is 0.257 e. The molecule has 0 radical (unpaired) electrons. The summed E-state index contributed by atoms with van der Waals surface area (Å²) in [6, 6.07) is 5.29. The summed E-state index contributed by atoms with van der Waals surface area (Å²) in [4.78, 5) is 21.9. The van der Waals surface area contributed by atoms with Gasteiger partial charge in [0.1, 0.15) is 17.6 Å². The van der Waals surface area contributed by atoms with E-state index in [9.17, 15) is 9.18 Å². The van der Waals surface area contributed by atoms with Crippen molar-refractivity contribution in [2.45, 2.75) is 25.1 Å². The van der Waals surface area contributed by atoms with Crippen molar-refractivity contribution >= 4 is 28.7 Å². The Bertz CT molecular complexity index is 1260. The third-order valence-electron chi connectivity index (χ3n) is 5.56. The van der Waals surface area contributed by atoms with Crippen molar-refractivity contribution < 1.29 is 9.18 Å². The number of hydrogen-bond acceptors (Lipinski definition) is 6. The zero-order chi connectivity index (χ0) is 20.8. The van der Waals surface area contributed by atoms with Gasteiger partial charge in [-0.25, -0.2) is 14.4 Å². The van der Waals surface area contributed by atoms with Gasteiger partial charge in [-0.3, -0.25) is 9.20 Å². The summed E-state index contributed by atoms with van der Waals surface area (Å²) in [5, 5.41) is 13.3. The van der Waals surface area contributed by atoms with Crippen LogP contribution >= 0.6 is 0 Å². The van der Waals surface area contributed by atoms with Crippen LogP contribution in [0.3, 0.4) is 0 Å². The molecule has 1 amide bonds. The Kier molecular flexibility index (Phi) is 4.27. The number of halogens is 1. The molecule has 154 valence electrons. The predicted octanol–water partition coefficient (Wildman–Crippen LogP) is 2.36. The average molecular weight is 408 g/mol. The summed E-state index contributed by atoms with van der Waals surface area (Å²) >= 11 is 0. The molecule has 1 aliphatic carbocycles. The van der Waals surface area contributed by atoms with Gasteiger partial charge in [-0.15, -0.1) is 0 Å². The Labute approximate surface area is 171 Å². The molecule has 2 atom stereocenters. The average Bonchev–Trinajstić information content (AvgIpc) is 3.42. The molecule has 30 heavy (non-hydrogen) atoms. The number of alkyl halides is 1. The normalized spacial score (nSPS) is 18.4. The Balaban J connectivity index is 1.63. The SMILES string of the molecule is CNc1ccc(-c2cc(NC)n3ncc(C(=O)NC4CC[C@H]4F)c3n2)n2ccnc12. The molecular weight excluding hydrogens is 387 g/mol. The van der Waals surface area contributed by atoms with Crippen molar-refractivity contribution in [1.29, 1.82) is 0 Å². The van der Waals surface area contributed by atoms with Gasteiger partial charge in [0.25, 0.3) is 5.91 Å². The van der Waals surface area contributed by atoms with Crippen molar-refractivity contribution in [1.82, 2.24) is 29.3 Å². The maximum Gasteiger partial charge on any atom is 0.257 e. The number of carbonyl (C=O) groups is 1. The highest BCUT2D eigenvalue weighted by molar-refractivity contribution is 6.00. The van der Waals surface area contributed by atoms with Crippen molar-refractivity contribution in [3.63, 3.8) is 0 Å². The minimum atomic E-state index is -0.993. The van der Waals surface area contributed by atoms with Crippen molar-refractivity contribution in [3.05, 3.63) is 42.4 Å². The summed E-state index contributed by atoms with van der Waals surface area (Å²) in [6.45, 7) is 0. The van der Waals surface area contributed by atoms with E-state index in [0.29, 0.717) is 35.6 Å². The van der Waals surface area contributed by atoms with Crippen LogP contribution in [0.5, 0.6) is 0 Å². The summed E-state index contributed by atoms with van der Waals surface area (Å²) in [5.41, 5.74) is 3.84. The molecule has 3 N–H and O–H groups in total. The first-order chi connectivity index (χ1) is 14.6. The number of nitrogens with zero attached hydrogens (tertiary/aromatic N) is 5. The van der Waals surface area contributed by atoms with Crippen molar-refractivity contribution in [2.75, 3.05) is 24.7 Å². The monoisotopic (exact) mass is 408 g/mol. The fourth-order valence-electron chi connectivity index (χ4n) is 3.72. The second kappa shape index (κ2) is 6.97. The molecule has 0 spiro atoms. The lowest BCUT2D eigenvalue weighted by Gasteiger charge is -2.30. The maximum atomic E-state index is 13.6. The molecule has 1 unspecified atom stereocenters. The number of anilines is 2. The van der Waals surface area contributed by atoms with Gasteiger partial charge in [0.15, 0.2) is 11.3 Å². The molecule has 0 saturated heterocycles. The number of carbonyl (C=O) groups excluding carboxylic acids is 1. The topological polar surface area (TPSA) is 101 Å². The second-order valence-electron chi connectivity index (χ2n) is 7.25. The van der Waals surface area contributed by atoms with Gasteiger partial charge in [0, 0.05) is 32.6 Å². The number of hydrogen-bond donors (Lipinski definition) is 3. The van der Waals surface area contributed by atoms with Crippen LogP contribution in [-0.2, 0) is 0 Å².